The normalized spacial score (nSPS) is 11.0. The van der Waals surface area contributed by atoms with Crippen molar-refractivity contribution in [3.05, 3.63) is 46.8 Å². The van der Waals surface area contributed by atoms with Crippen LogP contribution in [0.2, 0.25) is 0 Å². The Kier molecular flexibility index (Phi) is 5.64. The van der Waals surface area contributed by atoms with Crippen molar-refractivity contribution in [2.45, 2.75) is 25.0 Å². The minimum atomic E-state index is -4.48. The molecule has 9 heteroatoms. The van der Waals surface area contributed by atoms with Crippen molar-refractivity contribution in [2.75, 3.05) is 11.1 Å². The molecule has 0 fully saturated rings. The third-order valence-electron chi connectivity index (χ3n) is 3.12. The van der Waals surface area contributed by atoms with Gasteiger partial charge in [0, 0.05) is 11.9 Å². The number of hydrogen-bond donors (Lipinski definition) is 1. The van der Waals surface area contributed by atoms with Crippen molar-refractivity contribution in [3.8, 4) is 6.07 Å². The largest absolute Gasteiger partial charge is 0.417 e. The van der Waals surface area contributed by atoms with Gasteiger partial charge in [-0.25, -0.2) is 9.97 Å². The maximum absolute atomic E-state index is 12.5. The summed E-state index contributed by atoms with van der Waals surface area (Å²) in [5.41, 5.74) is 1.00. The number of nitrogens with zero attached hydrogens (tertiary/aromatic N) is 3. The first kappa shape index (κ1) is 18.7. The summed E-state index contributed by atoms with van der Waals surface area (Å²) < 4.78 is 37.4. The Balaban J connectivity index is 2.01. The van der Waals surface area contributed by atoms with Gasteiger partial charge in [-0.2, -0.15) is 18.4 Å². The maximum atomic E-state index is 12.5. The molecule has 2 heterocycles. The van der Waals surface area contributed by atoms with E-state index in [2.05, 4.69) is 21.4 Å². The Bertz CT molecular complexity index is 829. The Morgan fingerprint density at radius 2 is 2.08 bits per heavy atom. The minimum Gasteiger partial charge on any atom is -0.310 e. The fourth-order valence-corrected chi connectivity index (χ4v) is 2.89. The number of carbonyl (C=O) groups is 1. The number of amides is 1. The van der Waals surface area contributed by atoms with E-state index in [1.807, 2.05) is 0 Å². The lowest BCUT2D eigenvalue weighted by Gasteiger charge is -2.09. The molecule has 1 N–H and O–H groups in total. The van der Waals surface area contributed by atoms with Gasteiger partial charge in [0.25, 0.3) is 0 Å². The highest BCUT2D eigenvalue weighted by Crippen LogP contribution is 2.29. The van der Waals surface area contributed by atoms with Gasteiger partial charge in [0.2, 0.25) is 5.91 Å². The third-order valence-corrected chi connectivity index (χ3v) is 4.10. The highest BCUT2D eigenvalue weighted by Gasteiger charge is 2.30. The van der Waals surface area contributed by atoms with Crippen LogP contribution in [-0.2, 0) is 11.0 Å². The highest BCUT2D eigenvalue weighted by atomic mass is 32.2. The molecule has 0 aliphatic carbocycles. The number of hydrogen-bond acceptors (Lipinski definition) is 5. The van der Waals surface area contributed by atoms with E-state index < -0.39 is 17.6 Å². The number of pyridine rings is 2. The summed E-state index contributed by atoms with van der Waals surface area (Å²) in [6.45, 7) is 3.56. The number of alkyl halides is 3. The molecule has 2 aromatic heterocycles. The molecule has 0 saturated heterocycles. The van der Waals surface area contributed by atoms with Crippen LogP contribution in [0.25, 0.3) is 0 Å². The number of nitrogens with one attached hydrogen (secondary N) is 1. The molecular formula is C16H13F3N4OS. The summed E-state index contributed by atoms with van der Waals surface area (Å²) in [5, 5.41) is 12.0. The first-order chi connectivity index (χ1) is 11.7. The summed E-state index contributed by atoms with van der Waals surface area (Å²) in [5.74, 6) is -0.484. The first-order valence-electron chi connectivity index (χ1n) is 7.05. The van der Waals surface area contributed by atoms with Crippen molar-refractivity contribution >= 4 is 23.5 Å². The van der Waals surface area contributed by atoms with Crippen molar-refractivity contribution in [1.29, 1.82) is 5.26 Å². The van der Waals surface area contributed by atoms with Gasteiger partial charge in [0.15, 0.2) is 0 Å². The van der Waals surface area contributed by atoms with Gasteiger partial charge in [0.05, 0.1) is 16.9 Å². The number of aromatic nitrogens is 2. The number of carbonyl (C=O) groups excluding carboxylic acids is 1. The highest BCUT2D eigenvalue weighted by molar-refractivity contribution is 8.00. The number of aryl methyl sites for hydroxylation is 2. The van der Waals surface area contributed by atoms with Gasteiger partial charge in [-0.15, -0.1) is 0 Å². The molecule has 130 valence electrons. The number of anilines is 1. The average molecular weight is 366 g/mol. The van der Waals surface area contributed by atoms with Crippen LogP contribution >= 0.6 is 11.8 Å². The topological polar surface area (TPSA) is 78.7 Å². The Morgan fingerprint density at radius 3 is 2.64 bits per heavy atom. The molecule has 0 aliphatic heterocycles. The van der Waals surface area contributed by atoms with Crippen molar-refractivity contribution in [1.82, 2.24) is 9.97 Å². The maximum Gasteiger partial charge on any atom is 0.417 e. The zero-order valence-corrected chi connectivity index (χ0v) is 14.1. The second-order valence-corrected chi connectivity index (χ2v) is 6.10. The Hall–Kier alpha value is -2.60. The molecular weight excluding hydrogens is 353 g/mol. The number of thioether (sulfide) groups is 1. The van der Waals surface area contributed by atoms with E-state index in [4.69, 9.17) is 0 Å². The molecule has 0 aromatic carbocycles. The van der Waals surface area contributed by atoms with Crippen molar-refractivity contribution in [2.24, 2.45) is 0 Å². The number of rotatable bonds is 4. The van der Waals surface area contributed by atoms with Crippen LogP contribution in [0.15, 0.2) is 29.4 Å². The minimum absolute atomic E-state index is 0.0208. The lowest BCUT2D eigenvalue weighted by atomic mass is 10.1. The quantitative estimate of drug-likeness (QED) is 0.835. The summed E-state index contributed by atoms with van der Waals surface area (Å²) >= 11 is 1.08. The lowest BCUT2D eigenvalue weighted by molar-refractivity contribution is -0.137. The van der Waals surface area contributed by atoms with Gasteiger partial charge >= 0.3 is 6.18 Å². The SMILES string of the molecule is Cc1cc(C)c(C#N)c(SCC(=O)Nc2ccc(C(F)(F)F)cn2)n1. The Morgan fingerprint density at radius 1 is 1.36 bits per heavy atom. The Labute approximate surface area is 146 Å². The van der Waals surface area contributed by atoms with E-state index in [0.717, 1.165) is 35.2 Å². The van der Waals surface area contributed by atoms with E-state index in [0.29, 0.717) is 16.8 Å². The van der Waals surface area contributed by atoms with Crippen LogP contribution < -0.4 is 5.32 Å². The van der Waals surface area contributed by atoms with Crippen LogP contribution in [-0.4, -0.2) is 21.6 Å². The predicted octanol–water partition coefficient (Wildman–Crippen LogP) is 3.71. The van der Waals surface area contributed by atoms with Crippen LogP contribution in [0.4, 0.5) is 19.0 Å². The van der Waals surface area contributed by atoms with Crippen LogP contribution in [0.1, 0.15) is 22.4 Å². The van der Waals surface area contributed by atoms with Crippen LogP contribution in [0.5, 0.6) is 0 Å². The van der Waals surface area contributed by atoms with Crippen molar-refractivity contribution < 1.29 is 18.0 Å². The zero-order chi connectivity index (χ0) is 18.6. The molecule has 0 radical (unpaired) electrons. The molecule has 2 rings (SSSR count). The van der Waals surface area contributed by atoms with Gasteiger partial charge in [-0.3, -0.25) is 4.79 Å². The summed E-state index contributed by atoms with van der Waals surface area (Å²) in [6.07, 6.45) is -3.82. The molecule has 1 amide bonds. The van der Waals surface area contributed by atoms with Crippen LogP contribution in [0, 0.1) is 25.2 Å². The monoisotopic (exact) mass is 366 g/mol. The fraction of sp³-hybridized carbons (Fsp3) is 0.250. The summed E-state index contributed by atoms with van der Waals surface area (Å²) in [6, 6.07) is 5.75. The molecule has 0 bridgehead atoms. The van der Waals surface area contributed by atoms with Gasteiger partial charge in [-0.1, -0.05) is 11.8 Å². The first-order valence-corrected chi connectivity index (χ1v) is 8.03. The van der Waals surface area contributed by atoms with Gasteiger partial charge in [-0.05, 0) is 37.6 Å². The lowest BCUT2D eigenvalue weighted by Crippen LogP contribution is -2.16. The molecule has 0 spiro atoms. The molecule has 0 saturated carbocycles. The second kappa shape index (κ2) is 7.53. The van der Waals surface area contributed by atoms with E-state index >= 15 is 0 Å². The molecule has 2 aromatic rings. The van der Waals surface area contributed by atoms with E-state index in [-0.39, 0.29) is 11.6 Å². The molecule has 0 unspecified atom stereocenters. The van der Waals surface area contributed by atoms with E-state index in [9.17, 15) is 23.2 Å². The zero-order valence-electron chi connectivity index (χ0n) is 13.3. The van der Waals surface area contributed by atoms with Crippen LogP contribution in [0.3, 0.4) is 0 Å². The van der Waals surface area contributed by atoms with E-state index in [1.165, 1.54) is 0 Å². The fourth-order valence-electron chi connectivity index (χ4n) is 1.99. The number of halogens is 3. The summed E-state index contributed by atoms with van der Waals surface area (Å²) in [4.78, 5) is 19.7. The summed E-state index contributed by atoms with van der Waals surface area (Å²) in [7, 11) is 0. The molecule has 0 aliphatic rings. The smallest absolute Gasteiger partial charge is 0.310 e. The van der Waals surface area contributed by atoms with E-state index in [1.54, 1.807) is 19.9 Å². The number of nitriles is 1. The van der Waals surface area contributed by atoms with Gasteiger partial charge in [0.1, 0.15) is 16.9 Å². The van der Waals surface area contributed by atoms with Crippen molar-refractivity contribution in [3.63, 3.8) is 0 Å². The standard InChI is InChI=1S/C16H13F3N4OS/c1-9-5-10(2)22-15(12(9)6-20)25-8-14(24)23-13-4-3-11(7-21-13)16(17,18)19/h3-5,7H,8H2,1-2H3,(H,21,23,24). The predicted molar refractivity (Wildman–Crippen MR) is 87.0 cm³/mol. The molecule has 5 nitrogen and oxygen atoms in total. The molecule has 0 atom stereocenters. The molecule has 25 heavy (non-hydrogen) atoms. The second-order valence-electron chi connectivity index (χ2n) is 5.14. The third kappa shape index (κ3) is 4.93. The van der Waals surface area contributed by atoms with Gasteiger partial charge < -0.3 is 5.32 Å². The average Bonchev–Trinajstić information content (AvgIpc) is 2.52.